The van der Waals surface area contributed by atoms with Gasteiger partial charge in [0.1, 0.15) is 6.04 Å². The number of aliphatic carboxylic acids is 1. The monoisotopic (exact) mass is 406 g/mol. The van der Waals surface area contributed by atoms with E-state index in [0.717, 1.165) is 14.5 Å². The van der Waals surface area contributed by atoms with Gasteiger partial charge in [-0.25, -0.2) is 9.59 Å². The number of benzene rings is 1. The zero-order valence-electron chi connectivity index (χ0n) is 11.3. The quantitative estimate of drug-likeness (QED) is 0.711. The Bertz CT molecular complexity index is 509. The maximum atomic E-state index is 11.9. The summed E-state index contributed by atoms with van der Waals surface area (Å²) in [4.78, 5) is 22.9. The Morgan fingerprint density at radius 2 is 1.70 bits per heavy atom. The molecule has 110 valence electrons. The third-order valence-electron chi connectivity index (χ3n) is 2.64. The van der Waals surface area contributed by atoms with Gasteiger partial charge in [0.2, 0.25) is 0 Å². The average Bonchev–Trinajstić information content (AvgIpc) is 2.29. The summed E-state index contributed by atoms with van der Waals surface area (Å²) in [6.07, 6.45) is 0. The predicted molar refractivity (Wildman–Crippen MR) is 85.0 cm³/mol. The topological polar surface area (TPSA) is 78.4 Å². The lowest BCUT2D eigenvalue weighted by Gasteiger charge is -2.19. The van der Waals surface area contributed by atoms with Crippen molar-refractivity contribution in [3.05, 3.63) is 26.6 Å². The molecule has 0 saturated heterocycles. The van der Waals surface area contributed by atoms with Crippen LogP contribution in [0.5, 0.6) is 0 Å². The number of aryl methyl sites for hydroxylation is 1. The van der Waals surface area contributed by atoms with E-state index in [4.69, 9.17) is 5.11 Å². The van der Waals surface area contributed by atoms with Gasteiger partial charge in [0.15, 0.2) is 0 Å². The van der Waals surface area contributed by atoms with Crippen molar-refractivity contribution in [1.82, 2.24) is 5.32 Å². The highest BCUT2D eigenvalue weighted by Gasteiger charge is 2.23. The standard InChI is InChI=1S/C13H16Br2N2O3/c1-6(2)10(12(18)19)16-13(20)17-11-8(14)4-7(3)5-9(11)15/h4-6,10H,1-3H3,(H,18,19)(H2,16,17,20)/t10-/m1/s1. The fourth-order valence-corrected chi connectivity index (χ4v) is 3.24. The van der Waals surface area contributed by atoms with Crippen molar-refractivity contribution < 1.29 is 14.7 Å². The molecule has 20 heavy (non-hydrogen) atoms. The van der Waals surface area contributed by atoms with E-state index in [9.17, 15) is 9.59 Å². The van der Waals surface area contributed by atoms with Crippen molar-refractivity contribution in [3.63, 3.8) is 0 Å². The van der Waals surface area contributed by atoms with E-state index < -0.39 is 18.0 Å². The molecule has 7 heteroatoms. The minimum Gasteiger partial charge on any atom is -0.480 e. The van der Waals surface area contributed by atoms with Crippen LogP contribution in [0, 0.1) is 12.8 Å². The predicted octanol–water partition coefficient (Wildman–Crippen LogP) is 3.75. The summed E-state index contributed by atoms with van der Waals surface area (Å²) < 4.78 is 1.44. The molecule has 2 amide bonds. The first-order valence-electron chi connectivity index (χ1n) is 5.98. The normalized spacial score (nSPS) is 12.1. The lowest BCUT2D eigenvalue weighted by Crippen LogP contribution is -2.46. The number of carboxylic acids is 1. The van der Waals surface area contributed by atoms with E-state index in [1.807, 2.05) is 19.1 Å². The molecule has 0 heterocycles. The van der Waals surface area contributed by atoms with Gasteiger partial charge in [0.05, 0.1) is 5.69 Å². The van der Waals surface area contributed by atoms with Crippen LogP contribution < -0.4 is 10.6 Å². The summed E-state index contributed by atoms with van der Waals surface area (Å²) >= 11 is 6.72. The number of carbonyl (C=O) groups is 2. The van der Waals surface area contributed by atoms with Gasteiger partial charge in [-0.3, -0.25) is 0 Å². The van der Waals surface area contributed by atoms with Crippen LogP contribution in [0.15, 0.2) is 21.1 Å². The van der Waals surface area contributed by atoms with Crippen molar-refractivity contribution in [2.24, 2.45) is 5.92 Å². The van der Waals surface area contributed by atoms with E-state index in [2.05, 4.69) is 42.5 Å². The van der Waals surface area contributed by atoms with Gasteiger partial charge in [-0.15, -0.1) is 0 Å². The van der Waals surface area contributed by atoms with Crippen LogP contribution in [0.3, 0.4) is 0 Å². The van der Waals surface area contributed by atoms with Crippen molar-refractivity contribution in [2.75, 3.05) is 5.32 Å². The smallest absolute Gasteiger partial charge is 0.326 e. The molecule has 3 N–H and O–H groups in total. The first kappa shape index (κ1) is 17.0. The van der Waals surface area contributed by atoms with E-state index in [0.29, 0.717) is 5.69 Å². The summed E-state index contributed by atoms with van der Waals surface area (Å²) in [5.74, 6) is -1.26. The van der Waals surface area contributed by atoms with Crippen LogP contribution in [0.4, 0.5) is 10.5 Å². The number of carbonyl (C=O) groups excluding carboxylic acids is 1. The Hall–Kier alpha value is -1.08. The lowest BCUT2D eigenvalue weighted by molar-refractivity contribution is -0.140. The number of carboxylic acid groups (broad SMARTS) is 1. The molecule has 1 aromatic carbocycles. The molecule has 0 saturated carbocycles. The lowest BCUT2D eigenvalue weighted by atomic mass is 10.1. The molecular formula is C13H16Br2N2O3. The Morgan fingerprint density at radius 1 is 1.20 bits per heavy atom. The molecule has 0 aliphatic carbocycles. The number of hydrogen-bond acceptors (Lipinski definition) is 2. The first-order chi connectivity index (χ1) is 9.22. The second kappa shape index (κ2) is 7.08. The van der Waals surface area contributed by atoms with Crippen LogP contribution in [0.1, 0.15) is 19.4 Å². The highest BCUT2D eigenvalue weighted by molar-refractivity contribution is 9.11. The maximum absolute atomic E-state index is 11.9. The second-order valence-electron chi connectivity index (χ2n) is 4.76. The van der Waals surface area contributed by atoms with Crippen LogP contribution in [-0.2, 0) is 4.79 Å². The van der Waals surface area contributed by atoms with E-state index in [1.54, 1.807) is 13.8 Å². The summed E-state index contributed by atoms with van der Waals surface area (Å²) in [5.41, 5.74) is 1.58. The van der Waals surface area contributed by atoms with Crippen molar-refractivity contribution >= 4 is 49.5 Å². The highest BCUT2D eigenvalue weighted by Crippen LogP contribution is 2.32. The molecule has 0 unspecified atom stereocenters. The molecule has 1 rings (SSSR count). The van der Waals surface area contributed by atoms with Gasteiger partial charge in [0.25, 0.3) is 0 Å². The van der Waals surface area contributed by atoms with Crippen molar-refractivity contribution in [2.45, 2.75) is 26.8 Å². The number of urea groups is 1. The number of hydrogen-bond donors (Lipinski definition) is 3. The summed E-state index contributed by atoms with van der Waals surface area (Å²) in [5, 5.41) is 14.1. The average molecular weight is 408 g/mol. The van der Waals surface area contributed by atoms with E-state index in [1.165, 1.54) is 0 Å². The first-order valence-corrected chi connectivity index (χ1v) is 7.57. The van der Waals surface area contributed by atoms with Gasteiger partial charge >= 0.3 is 12.0 Å². The van der Waals surface area contributed by atoms with Crippen LogP contribution in [0.2, 0.25) is 0 Å². The zero-order chi connectivity index (χ0) is 15.4. The summed E-state index contributed by atoms with van der Waals surface area (Å²) in [7, 11) is 0. The molecule has 0 radical (unpaired) electrons. The number of rotatable bonds is 4. The SMILES string of the molecule is Cc1cc(Br)c(NC(=O)N[C@@H](C(=O)O)C(C)C)c(Br)c1. The van der Waals surface area contributed by atoms with Crippen molar-refractivity contribution in [1.29, 1.82) is 0 Å². The van der Waals surface area contributed by atoms with Crippen molar-refractivity contribution in [3.8, 4) is 0 Å². The minimum absolute atomic E-state index is 0.205. The van der Waals surface area contributed by atoms with Crippen LogP contribution in [-0.4, -0.2) is 23.1 Å². The summed E-state index contributed by atoms with van der Waals surface area (Å²) in [6, 6.07) is 2.23. The Kier molecular flexibility index (Phi) is 6.01. The molecule has 0 fully saturated rings. The van der Waals surface area contributed by atoms with Crippen LogP contribution in [0.25, 0.3) is 0 Å². The largest absolute Gasteiger partial charge is 0.480 e. The van der Waals surface area contributed by atoms with E-state index >= 15 is 0 Å². The minimum atomic E-state index is -1.06. The Balaban J connectivity index is 2.84. The third kappa shape index (κ3) is 4.49. The molecular weight excluding hydrogens is 392 g/mol. The highest BCUT2D eigenvalue weighted by atomic mass is 79.9. The fourth-order valence-electron chi connectivity index (χ4n) is 1.62. The molecule has 0 aliphatic rings. The molecule has 1 atom stereocenters. The molecule has 0 aliphatic heterocycles. The van der Waals surface area contributed by atoms with E-state index in [-0.39, 0.29) is 5.92 Å². The molecule has 0 bridgehead atoms. The molecule has 0 aromatic heterocycles. The third-order valence-corrected chi connectivity index (χ3v) is 3.90. The van der Waals surface area contributed by atoms with Gasteiger partial charge in [-0.05, 0) is 62.4 Å². The maximum Gasteiger partial charge on any atom is 0.326 e. The molecule has 0 spiro atoms. The Morgan fingerprint density at radius 3 is 2.10 bits per heavy atom. The van der Waals surface area contributed by atoms with Gasteiger partial charge in [-0.2, -0.15) is 0 Å². The van der Waals surface area contributed by atoms with Gasteiger partial charge in [-0.1, -0.05) is 13.8 Å². The number of halogens is 2. The number of nitrogens with one attached hydrogen (secondary N) is 2. The molecule has 1 aromatic rings. The zero-order valence-corrected chi connectivity index (χ0v) is 14.5. The van der Waals surface area contributed by atoms with Gasteiger partial charge in [0, 0.05) is 8.95 Å². The van der Waals surface area contributed by atoms with Gasteiger partial charge < -0.3 is 15.7 Å². The molecule has 5 nitrogen and oxygen atoms in total. The van der Waals surface area contributed by atoms with Crippen LogP contribution >= 0.6 is 31.9 Å². The number of anilines is 1. The fraction of sp³-hybridized carbons (Fsp3) is 0.385. The summed E-state index contributed by atoms with van der Waals surface area (Å²) in [6.45, 7) is 5.39. The second-order valence-corrected chi connectivity index (χ2v) is 6.47. The number of amides is 2. The Labute approximate surface area is 134 Å².